The van der Waals surface area contributed by atoms with Crippen LogP contribution in [0.5, 0.6) is 0 Å². The quantitative estimate of drug-likeness (QED) is 0.359. The Bertz CT molecular complexity index is 423. The smallest absolute Gasteiger partial charge is 0.337 e. The molecular formula is C14H20O7. The van der Waals surface area contributed by atoms with Gasteiger partial charge in [0.2, 0.25) is 0 Å². The summed E-state index contributed by atoms with van der Waals surface area (Å²) in [5.74, 6) is -1.11. The van der Waals surface area contributed by atoms with Gasteiger partial charge < -0.3 is 30.3 Å². The first-order valence-electron chi connectivity index (χ1n) is 6.51. The van der Waals surface area contributed by atoms with Crippen LogP contribution < -0.4 is 0 Å². The fraction of sp³-hybridized carbons (Fsp3) is 0.500. The van der Waals surface area contributed by atoms with Gasteiger partial charge in [0.25, 0.3) is 0 Å². The van der Waals surface area contributed by atoms with Crippen LogP contribution >= 0.6 is 0 Å². The second-order valence-corrected chi connectivity index (χ2v) is 4.58. The summed E-state index contributed by atoms with van der Waals surface area (Å²) in [6.07, 6.45) is -7.02. The van der Waals surface area contributed by atoms with E-state index in [1.54, 1.807) is 0 Å². The van der Waals surface area contributed by atoms with E-state index >= 15 is 0 Å². The molecule has 7 heteroatoms. The Kier molecular flexibility index (Phi) is 7.27. The molecule has 0 spiro atoms. The van der Waals surface area contributed by atoms with Gasteiger partial charge in [-0.1, -0.05) is 30.3 Å². The highest BCUT2D eigenvalue weighted by Crippen LogP contribution is 2.07. The molecule has 0 saturated heterocycles. The minimum absolute atomic E-state index is 0.00523. The monoisotopic (exact) mass is 300 g/mol. The highest BCUT2D eigenvalue weighted by Gasteiger charge is 2.35. The molecule has 0 radical (unpaired) electrons. The van der Waals surface area contributed by atoms with Gasteiger partial charge in [0, 0.05) is 6.42 Å². The van der Waals surface area contributed by atoms with Crippen molar-refractivity contribution in [2.45, 2.75) is 30.8 Å². The zero-order chi connectivity index (χ0) is 15.8. The lowest BCUT2D eigenvalue weighted by atomic mass is 10.0. The fourth-order valence-electron chi connectivity index (χ4n) is 1.66. The summed E-state index contributed by atoms with van der Waals surface area (Å²) in [7, 11) is 0. The van der Waals surface area contributed by atoms with Crippen LogP contribution in [0.15, 0.2) is 30.3 Å². The van der Waals surface area contributed by atoms with Gasteiger partial charge >= 0.3 is 5.97 Å². The van der Waals surface area contributed by atoms with Gasteiger partial charge in [0.15, 0.2) is 6.10 Å². The Morgan fingerprint density at radius 3 is 2.24 bits per heavy atom. The maximum Gasteiger partial charge on any atom is 0.337 e. The van der Waals surface area contributed by atoms with Gasteiger partial charge in [-0.05, 0) is 5.56 Å². The minimum atomic E-state index is -2.00. The summed E-state index contributed by atoms with van der Waals surface area (Å²) >= 11 is 0. The molecule has 0 aromatic heterocycles. The molecule has 0 heterocycles. The molecule has 0 aliphatic rings. The SMILES string of the molecule is O=C(OCCc1ccccc1)[C@H](O)[C@@H](O)[C@H](O)[C@H](O)CO. The number of aliphatic hydroxyl groups excluding tert-OH is 5. The maximum absolute atomic E-state index is 11.5. The molecule has 1 aromatic rings. The largest absolute Gasteiger partial charge is 0.463 e. The standard InChI is InChI=1S/C14H20O7/c15-8-10(16)11(17)12(18)13(19)14(20)21-7-6-9-4-2-1-3-5-9/h1-5,10-13,15-19H,6-8H2/t10-,11-,12+,13-/m1/s1. The predicted molar refractivity (Wildman–Crippen MR) is 72.2 cm³/mol. The van der Waals surface area contributed by atoms with Gasteiger partial charge in [-0.3, -0.25) is 0 Å². The third kappa shape index (κ3) is 5.41. The first kappa shape index (κ1) is 17.5. The van der Waals surface area contributed by atoms with E-state index in [9.17, 15) is 20.1 Å². The van der Waals surface area contributed by atoms with Crippen molar-refractivity contribution in [2.24, 2.45) is 0 Å². The maximum atomic E-state index is 11.5. The van der Waals surface area contributed by atoms with Gasteiger partial charge in [-0.2, -0.15) is 0 Å². The third-order valence-corrected chi connectivity index (χ3v) is 2.97. The first-order valence-corrected chi connectivity index (χ1v) is 6.51. The van der Waals surface area contributed by atoms with Gasteiger partial charge in [0.1, 0.15) is 18.3 Å². The van der Waals surface area contributed by atoms with E-state index in [2.05, 4.69) is 0 Å². The zero-order valence-electron chi connectivity index (χ0n) is 11.4. The number of carbonyl (C=O) groups is 1. The molecule has 21 heavy (non-hydrogen) atoms. The number of ether oxygens (including phenoxy) is 1. The van der Waals surface area contributed by atoms with Crippen LogP contribution in [0.1, 0.15) is 5.56 Å². The molecule has 1 rings (SSSR count). The normalized spacial score (nSPS) is 16.8. The van der Waals surface area contributed by atoms with Crippen molar-refractivity contribution in [3.8, 4) is 0 Å². The molecule has 7 nitrogen and oxygen atoms in total. The van der Waals surface area contributed by atoms with Crippen LogP contribution in [0.25, 0.3) is 0 Å². The number of aliphatic hydroxyl groups is 5. The van der Waals surface area contributed by atoms with E-state index in [0.717, 1.165) is 5.56 Å². The lowest BCUT2D eigenvalue weighted by Crippen LogP contribution is -2.49. The fourth-order valence-corrected chi connectivity index (χ4v) is 1.66. The van der Waals surface area contributed by atoms with Gasteiger partial charge in [-0.15, -0.1) is 0 Å². The Morgan fingerprint density at radius 2 is 1.67 bits per heavy atom. The molecule has 1 aromatic carbocycles. The number of hydrogen-bond donors (Lipinski definition) is 5. The molecule has 0 amide bonds. The summed E-state index contributed by atoms with van der Waals surface area (Å²) in [6, 6.07) is 9.22. The molecule has 0 fully saturated rings. The Morgan fingerprint density at radius 1 is 1.05 bits per heavy atom. The second-order valence-electron chi connectivity index (χ2n) is 4.58. The van der Waals surface area contributed by atoms with Crippen LogP contribution in [0, 0.1) is 0 Å². The number of rotatable bonds is 8. The summed E-state index contributed by atoms with van der Waals surface area (Å²) in [4.78, 5) is 11.5. The van der Waals surface area contributed by atoms with E-state index in [0.29, 0.717) is 6.42 Å². The minimum Gasteiger partial charge on any atom is -0.463 e. The van der Waals surface area contributed by atoms with Crippen LogP contribution in [-0.2, 0) is 16.0 Å². The number of benzene rings is 1. The molecule has 0 aliphatic heterocycles. The van der Waals surface area contributed by atoms with Crippen LogP contribution in [0.2, 0.25) is 0 Å². The van der Waals surface area contributed by atoms with Crippen molar-refractivity contribution in [2.75, 3.05) is 13.2 Å². The average Bonchev–Trinajstić information content (AvgIpc) is 2.52. The van der Waals surface area contributed by atoms with Crippen LogP contribution in [-0.4, -0.2) is 69.1 Å². The Balaban J connectivity index is 2.40. The number of hydrogen-bond acceptors (Lipinski definition) is 7. The van der Waals surface area contributed by atoms with Gasteiger partial charge in [-0.25, -0.2) is 4.79 Å². The van der Waals surface area contributed by atoms with Crippen LogP contribution in [0.4, 0.5) is 0 Å². The molecule has 0 aliphatic carbocycles. The van der Waals surface area contributed by atoms with Crippen molar-refractivity contribution >= 4 is 5.97 Å². The van der Waals surface area contributed by atoms with Crippen LogP contribution in [0.3, 0.4) is 0 Å². The molecule has 5 N–H and O–H groups in total. The van der Waals surface area contributed by atoms with Crippen molar-refractivity contribution in [1.29, 1.82) is 0 Å². The average molecular weight is 300 g/mol. The highest BCUT2D eigenvalue weighted by atomic mass is 16.5. The van der Waals surface area contributed by atoms with E-state index in [1.807, 2.05) is 30.3 Å². The molecule has 0 unspecified atom stereocenters. The van der Waals surface area contributed by atoms with Gasteiger partial charge in [0.05, 0.1) is 13.2 Å². The summed E-state index contributed by atoms with van der Waals surface area (Å²) < 4.78 is 4.79. The van der Waals surface area contributed by atoms with E-state index in [1.165, 1.54) is 0 Å². The zero-order valence-corrected chi connectivity index (χ0v) is 11.4. The van der Waals surface area contributed by atoms with Crippen molar-refractivity contribution < 1.29 is 35.1 Å². The predicted octanol–water partition coefficient (Wildman–Crippen LogP) is -1.79. The molecular weight excluding hydrogens is 280 g/mol. The Hall–Kier alpha value is -1.51. The molecule has 0 saturated carbocycles. The molecule has 4 atom stereocenters. The summed E-state index contributed by atoms with van der Waals surface area (Å²) in [5.41, 5.74) is 0.941. The summed E-state index contributed by atoms with van der Waals surface area (Å²) in [6.45, 7) is -0.806. The summed E-state index contributed by atoms with van der Waals surface area (Å²) in [5, 5.41) is 46.2. The topological polar surface area (TPSA) is 127 Å². The lowest BCUT2D eigenvalue weighted by Gasteiger charge is -2.24. The molecule has 0 bridgehead atoms. The van der Waals surface area contributed by atoms with E-state index < -0.39 is 37.0 Å². The van der Waals surface area contributed by atoms with E-state index in [4.69, 9.17) is 14.9 Å². The number of carbonyl (C=O) groups excluding carboxylic acids is 1. The highest BCUT2D eigenvalue weighted by molar-refractivity contribution is 5.75. The third-order valence-electron chi connectivity index (χ3n) is 2.97. The van der Waals surface area contributed by atoms with E-state index in [-0.39, 0.29) is 6.61 Å². The van der Waals surface area contributed by atoms with Crippen molar-refractivity contribution in [3.63, 3.8) is 0 Å². The second kappa shape index (κ2) is 8.71. The van der Waals surface area contributed by atoms with Crippen molar-refractivity contribution in [1.82, 2.24) is 0 Å². The Labute approximate surface area is 122 Å². The molecule has 118 valence electrons. The lowest BCUT2D eigenvalue weighted by molar-refractivity contribution is -0.170. The first-order chi connectivity index (χ1) is 9.97. The van der Waals surface area contributed by atoms with Crippen molar-refractivity contribution in [3.05, 3.63) is 35.9 Å². The number of esters is 1.